The van der Waals surface area contributed by atoms with Crippen LogP contribution in [0.15, 0.2) is 35.8 Å². The summed E-state index contributed by atoms with van der Waals surface area (Å²) in [4.78, 5) is 13.8. The van der Waals surface area contributed by atoms with Crippen LogP contribution in [0.5, 0.6) is 0 Å². The van der Waals surface area contributed by atoms with E-state index in [1.165, 1.54) is 24.1 Å². The van der Waals surface area contributed by atoms with Crippen LogP contribution in [0.2, 0.25) is 0 Å². The fourth-order valence-corrected chi connectivity index (χ4v) is 4.94. The predicted molar refractivity (Wildman–Crippen MR) is 117 cm³/mol. The van der Waals surface area contributed by atoms with Gasteiger partial charge in [-0.1, -0.05) is 17.8 Å². The van der Waals surface area contributed by atoms with Crippen LogP contribution in [0, 0.1) is 6.92 Å². The molecule has 0 aromatic carbocycles. The Morgan fingerprint density at radius 2 is 2.10 bits per heavy atom. The number of amidine groups is 1. The minimum absolute atomic E-state index is 0.127. The second-order valence-corrected chi connectivity index (χ2v) is 8.56. The summed E-state index contributed by atoms with van der Waals surface area (Å²) in [5.74, 6) is 2.94. The molecule has 3 aromatic rings. The maximum Gasteiger partial charge on any atom is 0.162 e. The fourth-order valence-electron chi connectivity index (χ4n) is 3.98. The first kappa shape index (κ1) is 18.4. The van der Waals surface area contributed by atoms with Gasteiger partial charge < -0.3 is 5.32 Å². The summed E-state index contributed by atoms with van der Waals surface area (Å²) in [6.07, 6.45) is 10.4. The van der Waals surface area contributed by atoms with Crippen molar-refractivity contribution in [3.63, 3.8) is 0 Å². The summed E-state index contributed by atoms with van der Waals surface area (Å²) in [6, 6.07) is 4.28. The van der Waals surface area contributed by atoms with Gasteiger partial charge in [0, 0.05) is 30.3 Å². The normalized spacial score (nSPS) is 18.6. The molecule has 4 heterocycles. The van der Waals surface area contributed by atoms with Crippen molar-refractivity contribution in [3.8, 4) is 5.82 Å². The van der Waals surface area contributed by atoms with Gasteiger partial charge in [-0.05, 0) is 51.2 Å². The van der Waals surface area contributed by atoms with E-state index in [0.29, 0.717) is 0 Å². The SMILES string of the molecule is CCn1nc2c(c1NC1=NC(c3ccc(-n4cnc(C)c4)nc3)CS1)CCCC2. The lowest BCUT2D eigenvalue weighted by Gasteiger charge is -2.13. The largest absolute Gasteiger partial charge is 0.320 e. The van der Waals surface area contributed by atoms with Crippen molar-refractivity contribution in [2.75, 3.05) is 11.1 Å². The molecule has 1 aliphatic carbocycles. The van der Waals surface area contributed by atoms with Gasteiger partial charge in [0.15, 0.2) is 5.17 Å². The third kappa shape index (κ3) is 3.57. The van der Waals surface area contributed by atoms with Gasteiger partial charge in [0.2, 0.25) is 0 Å². The number of anilines is 1. The van der Waals surface area contributed by atoms with Gasteiger partial charge >= 0.3 is 0 Å². The molecule has 0 bridgehead atoms. The molecule has 1 N–H and O–H groups in total. The van der Waals surface area contributed by atoms with E-state index in [4.69, 9.17) is 10.1 Å². The molecular formula is C21H25N7S. The molecule has 150 valence electrons. The van der Waals surface area contributed by atoms with Gasteiger partial charge in [0.1, 0.15) is 18.0 Å². The number of rotatable bonds is 4. The molecule has 7 nitrogen and oxygen atoms in total. The van der Waals surface area contributed by atoms with Crippen LogP contribution in [0.3, 0.4) is 0 Å². The Hall–Kier alpha value is -2.61. The summed E-state index contributed by atoms with van der Waals surface area (Å²) < 4.78 is 4.03. The van der Waals surface area contributed by atoms with E-state index in [1.807, 2.05) is 30.0 Å². The van der Waals surface area contributed by atoms with Crippen molar-refractivity contribution in [2.24, 2.45) is 4.99 Å². The number of fused-ring (bicyclic) bond motifs is 1. The van der Waals surface area contributed by atoms with Crippen molar-refractivity contribution in [2.45, 2.75) is 52.1 Å². The van der Waals surface area contributed by atoms with Crippen molar-refractivity contribution in [1.29, 1.82) is 0 Å². The summed E-state index contributed by atoms with van der Waals surface area (Å²) in [5, 5.41) is 9.37. The van der Waals surface area contributed by atoms with Crippen LogP contribution in [-0.2, 0) is 19.4 Å². The molecule has 3 aromatic heterocycles. The molecule has 1 aliphatic heterocycles. The number of hydrogen-bond acceptors (Lipinski definition) is 6. The van der Waals surface area contributed by atoms with E-state index >= 15 is 0 Å². The first-order valence-corrected chi connectivity index (χ1v) is 11.2. The van der Waals surface area contributed by atoms with Crippen molar-refractivity contribution < 1.29 is 0 Å². The smallest absolute Gasteiger partial charge is 0.162 e. The number of imidazole rings is 1. The summed E-state index contributed by atoms with van der Waals surface area (Å²) in [7, 11) is 0. The molecule has 8 heteroatoms. The van der Waals surface area contributed by atoms with E-state index in [0.717, 1.165) is 53.2 Å². The lowest BCUT2D eigenvalue weighted by Crippen LogP contribution is -2.12. The molecule has 0 fully saturated rings. The maximum atomic E-state index is 4.93. The van der Waals surface area contributed by atoms with Crippen LogP contribution in [0.4, 0.5) is 5.82 Å². The maximum absolute atomic E-state index is 4.93. The summed E-state index contributed by atoms with van der Waals surface area (Å²) >= 11 is 1.77. The molecule has 5 rings (SSSR count). The van der Waals surface area contributed by atoms with E-state index < -0.39 is 0 Å². The second-order valence-electron chi connectivity index (χ2n) is 7.55. The number of aryl methyl sites for hydroxylation is 3. The third-order valence-electron chi connectivity index (χ3n) is 5.53. The lowest BCUT2D eigenvalue weighted by molar-refractivity contribution is 0.635. The number of nitrogens with one attached hydrogen (secondary N) is 1. The van der Waals surface area contributed by atoms with Crippen molar-refractivity contribution in [1.82, 2.24) is 24.3 Å². The molecule has 0 saturated heterocycles. The zero-order valence-corrected chi connectivity index (χ0v) is 17.6. The predicted octanol–water partition coefficient (Wildman–Crippen LogP) is 3.93. The number of aromatic nitrogens is 5. The van der Waals surface area contributed by atoms with Crippen LogP contribution >= 0.6 is 11.8 Å². The zero-order valence-electron chi connectivity index (χ0n) is 16.8. The first-order chi connectivity index (χ1) is 14.2. The highest BCUT2D eigenvalue weighted by atomic mass is 32.2. The Bertz CT molecular complexity index is 1050. The standard InChI is InChI=1S/C21H25N7S/c1-3-28-20(16-6-4-5-7-17(16)26-28)25-21-24-18(12-29-21)15-8-9-19(22-10-15)27-11-14(2)23-13-27/h8-11,13,18H,3-7,12H2,1-2H3,(H,24,25). The lowest BCUT2D eigenvalue weighted by atomic mass is 9.97. The molecule has 0 radical (unpaired) electrons. The van der Waals surface area contributed by atoms with Crippen molar-refractivity contribution in [3.05, 3.63) is 53.4 Å². The Labute approximate surface area is 174 Å². The van der Waals surface area contributed by atoms with E-state index in [1.54, 1.807) is 18.1 Å². The number of aliphatic imine (C=N–C) groups is 1. The van der Waals surface area contributed by atoms with E-state index in [9.17, 15) is 0 Å². The van der Waals surface area contributed by atoms with Crippen molar-refractivity contribution >= 4 is 22.7 Å². The minimum Gasteiger partial charge on any atom is -0.320 e. The number of thioether (sulfide) groups is 1. The molecule has 1 atom stereocenters. The fraction of sp³-hybridized carbons (Fsp3) is 0.429. The molecule has 1 unspecified atom stereocenters. The number of hydrogen-bond donors (Lipinski definition) is 1. The molecule has 0 amide bonds. The Morgan fingerprint density at radius 3 is 2.86 bits per heavy atom. The Balaban J connectivity index is 1.34. The van der Waals surface area contributed by atoms with E-state index in [-0.39, 0.29) is 6.04 Å². The van der Waals surface area contributed by atoms with Crippen LogP contribution in [0.1, 0.15) is 48.3 Å². The van der Waals surface area contributed by atoms with Gasteiger partial charge in [-0.3, -0.25) is 9.56 Å². The van der Waals surface area contributed by atoms with Gasteiger partial charge in [0.25, 0.3) is 0 Å². The molecule has 2 aliphatic rings. The number of nitrogens with zero attached hydrogens (tertiary/aromatic N) is 6. The zero-order chi connectivity index (χ0) is 19.8. The average Bonchev–Trinajstić information content (AvgIpc) is 3.48. The molecule has 29 heavy (non-hydrogen) atoms. The quantitative estimate of drug-likeness (QED) is 0.709. The van der Waals surface area contributed by atoms with Crippen LogP contribution < -0.4 is 5.32 Å². The van der Waals surface area contributed by atoms with E-state index in [2.05, 4.69) is 33.0 Å². The van der Waals surface area contributed by atoms with Gasteiger partial charge in [-0.15, -0.1) is 0 Å². The highest BCUT2D eigenvalue weighted by molar-refractivity contribution is 8.14. The first-order valence-electron chi connectivity index (χ1n) is 10.2. The van der Waals surface area contributed by atoms with Crippen LogP contribution in [0.25, 0.3) is 5.82 Å². The average molecular weight is 408 g/mol. The summed E-state index contributed by atoms with van der Waals surface area (Å²) in [6.45, 7) is 4.99. The summed E-state index contributed by atoms with van der Waals surface area (Å²) in [5.41, 5.74) is 4.76. The highest BCUT2D eigenvalue weighted by Crippen LogP contribution is 2.33. The van der Waals surface area contributed by atoms with Gasteiger partial charge in [-0.25, -0.2) is 14.6 Å². The minimum atomic E-state index is 0.127. The Morgan fingerprint density at radius 1 is 1.21 bits per heavy atom. The molecular weight excluding hydrogens is 382 g/mol. The number of pyridine rings is 1. The monoisotopic (exact) mass is 407 g/mol. The van der Waals surface area contributed by atoms with Gasteiger partial charge in [0.05, 0.1) is 17.4 Å². The van der Waals surface area contributed by atoms with Gasteiger partial charge in [-0.2, -0.15) is 5.10 Å². The molecule has 0 saturated carbocycles. The topological polar surface area (TPSA) is 72.9 Å². The Kier molecular flexibility index (Phi) is 4.87. The second kappa shape index (κ2) is 7.67. The highest BCUT2D eigenvalue weighted by Gasteiger charge is 2.25. The van der Waals surface area contributed by atoms with Crippen LogP contribution in [-0.4, -0.2) is 35.2 Å². The molecule has 0 spiro atoms. The third-order valence-corrected chi connectivity index (χ3v) is 6.50.